The van der Waals surface area contributed by atoms with Gasteiger partial charge in [-0.25, -0.2) is 9.83 Å². The molecule has 6 heteroatoms. The average Bonchev–Trinajstić information content (AvgIpc) is 2.35. The van der Waals surface area contributed by atoms with Crippen LogP contribution in [0.15, 0.2) is 5.03 Å². The number of ether oxygens (including phenoxy) is 1. The number of anilines is 1. The molecule has 0 bridgehead atoms. The van der Waals surface area contributed by atoms with E-state index in [1.54, 1.807) is 19.0 Å². The second-order valence-corrected chi connectivity index (χ2v) is 4.11. The van der Waals surface area contributed by atoms with Gasteiger partial charge in [0, 0.05) is 14.1 Å². The summed E-state index contributed by atoms with van der Waals surface area (Å²) >= 11 is 1.36. The Morgan fingerprint density at radius 2 is 2.18 bits per heavy atom. The highest BCUT2D eigenvalue weighted by Gasteiger charge is 2.21. The second kappa shape index (κ2) is 5.42. The van der Waals surface area contributed by atoms with Crippen molar-refractivity contribution in [1.82, 2.24) is 4.98 Å². The first-order chi connectivity index (χ1) is 8.10. The molecule has 0 amide bonds. The molecule has 0 radical (unpaired) electrons. The zero-order valence-corrected chi connectivity index (χ0v) is 10.9. The van der Waals surface area contributed by atoms with Crippen molar-refractivity contribution in [1.29, 1.82) is 5.26 Å². The molecule has 0 spiro atoms. The molecular formula is C11H12N4OS. The zero-order chi connectivity index (χ0) is 13.0. The largest absolute Gasteiger partial charge is 0.506 e. The third kappa shape index (κ3) is 2.27. The van der Waals surface area contributed by atoms with Crippen LogP contribution in [-0.4, -0.2) is 32.4 Å². The number of methoxy groups -OCH3 is 1. The molecule has 0 aliphatic carbocycles. The molecular weight excluding hydrogens is 236 g/mol. The molecule has 1 aromatic rings. The first-order valence-corrected chi connectivity index (χ1v) is 5.94. The van der Waals surface area contributed by atoms with Crippen LogP contribution in [0.1, 0.15) is 5.56 Å². The maximum atomic E-state index is 9.11. The molecule has 0 aromatic carbocycles. The lowest BCUT2D eigenvalue weighted by atomic mass is 10.2. The molecule has 1 heterocycles. The van der Waals surface area contributed by atoms with Crippen LogP contribution in [0.25, 0.3) is 4.85 Å². The maximum absolute atomic E-state index is 9.11. The third-order valence-electron chi connectivity index (χ3n) is 2.12. The van der Waals surface area contributed by atoms with E-state index in [0.717, 1.165) is 0 Å². The highest BCUT2D eigenvalue weighted by molar-refractivity contribution is 7.98. The molecule has 88 valence electrons. The Morgan fingerprint density at radius 1 is 1.53 bits per heavy atom. The Hall–Kier alpha value is -1.92. The Kier molecular flexibility index (Phi) is 4.19. The van der Waals surface area contributed by atoms with Gasteiger partial charge in [0.1, 0.15) is 22.5 Å². The summed E-state index contributed by atoms with van der Waals surface area (Å²) in [6.07, 6.45) is 1.83. The summed E-state index contributed by atoms with van der Waals surface area (Å²) < 4.78 is 5.18. The summed E-state index contributed by atoms with van der Waals surface area (Å²) in [6, 6.07) is 2.04. The van der Waals surface area contributed by atoms with Crippen LogP contribution in [-0.2, 0) is 0 Å². The number of pyridine rings is 1. The number of hydrogen-bond donors (Lipinski definition) is 0. The number of rotatable bonds is 3. The van der Waals surface area contributed by atoms with Gasteiger partial charge in [-0.2, -0.15) is 5.26 Å². The molecule has 1 rings (SSSR count). The molecule has 1 aromatic heterocycles. The standard InChI is InChI=1S/C11H12N4OS/c1-13-8-9(16-4)7(6-12)11(17-5)14-10(8)15(2)3/h2-5H3. The van der Waals surface area contributed by atoms with E-state index in [-0.39, 0.29) is 5.69 Å². The van der Waals surface area contributed by atoms with Gasteiger partial charge in [-0.1, -0.05) is 0 Å². The molecule has 0 saturated heterocycles. The lowest BCUT2D eigenvalue weighted by Gasteiger charge is -2.17. The van der Waals surface area contributed by atoms with Gasteiger partial charge in [-0.15, -0.1) is 11.8 Å². The Balaban J connectivity index is 3.70. The van der Waals surface area contributed by atoms with E-state index in [9.17, 15) is 0 Å². The SMILES string of the molecule is [C-]#[N+]c1c(N(C)C)nc(SC)c(C#N)c1OC. The zero-order valence-electron chi connectivity index (χ0n) is 10.1. The van der Waals surface area contributed by atoms with Gasteiger partial charge in [0.25, 0.3) is 5.69 Å². The summed E-state index contributed by atoms with van der Waals surface area (Å²) in [4.78, 5) is 9.45. The number of nitriles is 1. The molecule has 17 heavy (non-hydrogen) atoms. The van der Waals surface area contributed by atoms with Crippen LogP contribution in [0.5, 0.6) is 5.75 Å². The predicted molar refractivity (Wildman–Crippen MR) is 67.9 cm³/mol. The van der Waals surface area contributed by atoms with Crippen molar-refractivity contribution in [2.75, 3.05) is 32.4 Å². The number of nitrogens with zero attached hydrogens (tertiary/aromatic N) is 4. The fourth-order valence-corrected chi connectivity index (χ4v) is 1.90. The van der Waals surface area contributed by atoms with E-state index >= 15 is 0 Å². The van der Waals surface area contributed by atoms with Crippen molar-refractivity contribution >= 4 is 23.3 Å². The third-order valence-corrected chi connectivity index (χ3v) is 2.80. The number of thioether (sulfide) groups is 1. The van der Waals surface area contributed by atoms with Crippen molar-refractivity contribution in [3.05, 3.63) is 17.0 Å². The molecule has 0 N–H and O–H groups in total. The predicted octanol–water partition coefficient (Wildman–Crippen LogP) is 2.30. The maximum Gasteiger partial charge on any atom is 0.270 e. The van der Waals surface area contributed by atoms with Crippen LogP contribution in [0.3, 0.4) is 0 Å². The molecule has 0 fully saturated rings. The van der Waals surface area contributed by atoms with Gasteiger partial charge in [-0.3, -0.25) is 0 Å². The quantitative estimate of drug-likeness (QED) is 0.607. The van der Waals surface area contributed by atoms with Gasteiger partial charge in [-0.05, 0) is 6.26 Å². The minimum absolute atomic E-state index is 0.270. The van der Waals surface area contributed by atoms with Gasteiger partial charge in [0.2, 0.25) is 0 Å². The minimum atomic E-state index is 0.270. The van der Waals surface area contributed by atoms with Gasteiger partial charge >= 0.3 is 0 Å². The Labute approximate surface area is 105 Å². The summed E-state index contributed by atoms with van der Waals surface area (Å²) in [5.74, 6) is 0.811. The smallest absolute Gasteiger partial charge is 0.270 e. The number of aromatic nitrogens is 1. The van der Waals surface area contributed by atoms with E-state index in [4.69, 9.17) is 16.6 Å². The van der Waals surface area contributed by atoms with Gasteiger partial charge in [0.05, 0.1) is 13.7 Å². The topological polar surface area (TPSA) is 53.5 Å². The van der Waals surface area contributed by atoms with Crippen molar-refractivity contribution in [3.8, 4) is 11.8 Å². The average molecular weight is 248 g/mol. The van der Waals surface area contributed by atoms with Crippen molar-refractivity contribution in [2.24, 2.45) is 0 Å². The van der Waals surface area contributed by atoms with Crippen molar-refractivity contribution in [2.45, 2.75) is 5.03 Å². The van der Waals surface area contributed by atoms with Crippen molar-refractivity contribution in [3.63, 3.8) is 0 Å². The van der Waals surface area contributed by atoms with E-state index in [2.05, 4.69) is 9.83 Å². The molecule has 0 unspecified atom stereocenters. The number of hydrogen-bond acceptors (Lipinski definition) is 5. The monoisotopic (exact) mass is 248 g/mol. The molecule has 5 nitrogen and oxygen atoms in total. The van der Waals surface area contributed by atoms with Crippen LogP contribution in [0, 0.1) is 17.9 Å². The van der Waals surface area contributed by atoms with Gasteiger partial charge in [0.15, 0.2) is 5.75 Å². The highest BCUT2D eigenvalue weighted by Crippen LogP contribution is 2.41. The van der Waals surface area contributed by atoms with Crippen LogP contribution in [0.2, 0.25) is 0 Å². The molecule has 0 aliphatic rings. The molecule has 0 aliphatic heterocycles. The minimum Gasteiger partial charge on any atom is -0.506 e. The first kappa shape index (κ1) is 13.1. The highest BCUT2D eigenvalue weighted by atomic mass is 32.2. The van der Waals surface area contributed by atoms with E-state index < -0.39 is 0 Å². The van der Waals surface area contributed by atoms with Crippen LogP contribution < -0.4 is 9.64 Å². The van der Waals surface area contributed by atoms with E-state index in [1.165, 1.54) is 18.9 Å². The normalized spacial score (nSPS) is 9.29. The molecule has 0 saturated carbocycles. The Bertz CT molecular complexity index is 514. The fraction of sp³-hybridized carbons (Fsp3) is 0.364. The van der Waals surface area contributed by atoms with Crippen molar-refractivity contribution < 1.29 is 4.74 Å². The summed E-state index contributed by atoms with van der Waals surface area (Å²) in [5.41, 5.74) is 0.587. The van der Waals surface area contributed by atoms with Gasteiger partial charge < -0.3 is 9.64 Å². The van der Waals surface area contributed by atoms with Crippen LogP contribution in [0.4, 0.5) is 11.5 Å². The summed E-state index contributed by atoms with van der Waals surface area (Å²) in [5, 5.41) is 9.68. The summed E-state index contributed by atoms with van der Waals surface area (Å²) in [7, 11) is 5.05. The van der Waals surface area contributed by atoms with Crippen LogP contribution >= 0.6 is 11.8 Å². The summed E-state index contributed by atoms with van der Waals surface area (Å²) in [6.45, 7) is 7.18. The lowest BCUT2D eigenvalue weighted by molar-refractivity contribution is 0.414. The van der Waals surface area contributed by atoms with E-state index in [1.807, 2.05) is 12.3 Å². The Morgan fingerprint density at radius 3 is 2.53 bits per heavy atom. The molecule has 0 atom stereocenters. The van der Waals surface area contributed by atoms with E-state index in [0.29, 0.717) is 22.2 Å². The fourth-order valence-electron chi connectivity index (χ4n) is 1.38. The first-order valence-electron chi connectivity index (χ1n) is 4.71. The second-order valence-electron chi connectivity index (χ2n) is 3.32. The lowest BCUT2D eigenvalue weighted by Crippen LogP contribution is -2.12.